The van der Waals surface area contributed by atoms with Gasteiger partial charge in [-0.1, -0.05) is 36.4 Å². The zero-order valence-corrected chi connectivity index (χ0v) is 21.0. The van der Waals surface area contributed by atoms with E-state index in [4.69, 9.17) is 18.3 Å². The van der Waals surface area contributed by atoms with Gasteiger partial charge in [0.25, 0.3) is 0 Å². The minimum absolute atomic E-state index is 0.0150. The van der Waals surface area contributed by atoms with E-state index in [1.165, 1.54) is 7.11 Å². The molecule has 2 unspecified atom stereocenters. The zero-order valence-electron chi connectivity index (χ0n) is 17.9. The Bertz CT molecular complexity index is 723. The first-order chi connectivity index (χ1) is 14.5. The van der Waals surface area contributed by atoms with Gasteiger partial charge in [-0.2, -0.15) is 0 Å². The summed E-state index contributed by atoms with van der Waals surface area (Å²) in [6, 6.07) is -0.335. The maximum Gasteiger partial charge on any atom is 0.478 e. The molecule has 12 nitrogen and oxygen atoms in total. The lowest BCUT2D eigenvalue weighted by molar-refractivity contribution is -0.160. The minimum Gasteiger partial charge on any atom is -0.469 e. The maximum atomic E-state index is 12.8. The number of carbonyl (C=O) groups is 3. The zero-order chi connectivity index (χ0) is 23.2. The van der Waals surface area contributed by atoms with Crippen molar-refractivity contribution in [3.05, 3.63) is 0 Å². The van der Waals surface area contributed by atoms with Crippen LogP contribution in [0.1, 0.15) is 26.7 Å². The Morgan fingerprint density at radius 2 is 2.06 bits per heavy atom. The van der Waals surface area contributed by atoms with E-state index in [2.05, 4.69) is 38.1 Å². The van der Waals surface area contributed by atoms with Crippen molar-refractivity contribution >= 4 is 48.3 Å². The van der Waals surface area contributed by atoms with Gasteiger partial charge in [0, 0.05) is 29.5 Å². The van der Waals surface area contributed by atoms with E-state index in [1.54, 1.807) is 25.9 Å². The van der Waals surface area contributed by atoms with Gasteiger partial charge < -0.3 is 14.8 Å². The number of hydrogen-bond donors (Lipinski definition) is 2. The van der Waals surface area contributed by atoms with Crippen molar-refractivity contribution in [1.82, 2.24) is 15.8 Å². The predicted octanol–water partition coefficient (Wildman–Crippen LogP) is 0.745. The summed E-state index contributed by atoms with van der Waals surface area (Å²) in [4.78, 5) is 36.0. The highest BCUT2D eigenvalue weighted by Crippen LogP contribution is 2.57. The molecule has 2 rings (SSSR count). The van der Waals surface area contributed by atoms with Gasteiger partial charge in [0.15, 0.2) is 6.10 Å². The largest absolute Gasteiger partial charge is 0.478 e. The Labute approximate surface area is 194 Å². The van der Waals surface area contributed by atoms with E-state index in [9.17, 15) is 18.9 Å². The molecule has 2 N–H and O–H groups in total. The number of hydrazine groups is 1. The van der Waals surface area contributed by atoms with E-state index in [-0.39, 0.29) is 25.6 Å². The second kappa shape index (κ2) is 11.3. The number of nitrogens with zero attached hydrogens (tertiary/aromatic N) is 1. The molecule has 0 aromatic rings. The first-order valence-electron chi connectivity index (χ1n) is 9.65. The Morgan fingerprint density at radius 3 is 2.68 bits per heavy atom. The van der Waals surface area contributed by atoms with Crippen molar-refractivity contribution in [1.29, 1.82) is 0 Å². The van der Waals surface area contributed by atoms with Crippen LogP contribution in [0.15, 0.2) is 0 Å². The van der Waals surface area contributed by atoms with Crippen LogP contribution in [-0.2, 0) is 42.0 Å². The molecule has 2 heterocycles. The molecule has 0 radical (unpaired) electrons. The highest BCUT2D eigenvalue weighted by Gasteiger charge is 2.49. The molecule has 2 saturated heterocycles. The van der Waals surface area contributed by atoms with Gasteiger partial charge in [-0.3, -0.25) is 28.9 Å². The molecular formula is C17H29IN3O9P. The van der Waals surface area contributed by atoms with E-state index in [0.717, 1.165) is 4.43 Å². The molecule has 0 saturated carbocycles. The quantitative estimate of drug-likeness (QED) is 0.132. The first kappa shape index (κ1) is 26.4. The topological polar surface area (TPSA) is 142 Å². The molecule has 1 amide bonds. The van der Waals surface area contributed by atoms with Crippen LogP contribution in [-0.4, -0.2) is 79.6 Å². The number of ether oxygens (including phenoxy) is 2. The Morgan fingerprint density at radius 1 is 1.35 bits per heavy atom. The number of rotatable bonds is 9. The van der Waals surface area contributed by atoms with E-state index in [0.29, 0.717) is 6.42 Å². The Kier molecular flexibility index (Phi) is 9.67. The average molecular weight is 577 g/mol. The van der Waals surface area contributed by atoms with Crippen LogP contribution < -0.4 is 10.7 Å². The van der Waals surface area contributed by atoms with Crippen LogP contribution in [0.4, 0.5) is 0 Å². The number of amides is 1. The highest BCUT2D eigenvalue weighted by atomic mass is 127. The van der Waals surface area contributed by atoms with Crippen LogP contribution in [0, 0.1) is 5.41 Å². The normalized spacial score (nSPS) is 30.5. The minimum atomic E-state index is -4.14. The van der Waals surface area contributed by atoms with Gasteiger partial charge in [0.1, 0.15) is 6.04 Å². The monoisotopic (exact) mass is 577 g/mol. The number of carbonyl (C=O) groups excluding carboxylic acids is 3. The summed E-state index contributed by atoms with van der Waals surface area (Å²) in [6.07, 6.45) is -0.598. The van der Waals surface area contributed by atoms with E-state index < -0.39 is 50.0 Å². The standard InChI is InChI=1S/C17H29IN3O9P/c1-17(2)9-28-31(25,30-14(17)15(23)19-6-5-13(22)26-4)29-10-27-16(24)12-7-11(8-18)20-21(12)3/h11-12,14,20H,5-10H2,1-4H3,(H,19,23)/t11?,12?,14-,31+/m0/s1. The predicted molar refractivity (Wildman–Crippen MR) is 116 cm³/mol. The summed E-state index contributed by atoms with van der Waals surface area (Å²) in [6.45, 7) is 2.71. The number of alkyl halides is 1. The number of hydrogen-bond acceptors (Lipinski definition) is 11. The van der Waals surface area contributed by atoms with E-state index in [1.807, 2.05) is 0 Å². The molecule has 178 valence electrons. The molecule has 0 aliphatic carbocycles. The number of esters is 2. The molecule has 0 bridgehead atoms. The smallest absolute Gasteiger partial charge is 0.469 e. The van der Waals surface area contributed by atoms with Gasteiger partial charge in [0.05, 0.1) is 20.1 Å². The van der Waals surface area contributed by atoms with Crippen molar-refractivity contribution in [2.45, 2.75) is 44.9 Å². The Balaban J connectivity index is 1.87. The Hall–Kier alpha value is -0.830. The molecule has 2 fully saturated rings. The molecule has 0 aromatic carbocycles. The highest BCUT2D eigenvalue weighted by molar-refractivity contribution is 14.1. The third-order valence-electron chi connectivity index (χ3n) is 4.86. The SMILES string of the molecule is COC(=O)CCNC(=O)[C@@H]1O[P@@](=O)(OCOC(=O)C2CC(CI)NN2C)OCC1(C)C. The molecular weight excluding hydrogens is 548 g/mol. The van der Waals surface area contributed by atoms with Crippen LogP contribution in [0.3, 0.4) is 0 Å². The number of phosphoric acid groups is 1. The second-order valence-electron chi connectivity index (χ2n) is 7.86. The van der Waals surface area contributed by atoms with E-state index >= 15 is 0 Å². The summed E-state index contributed by atoms with van der Waals surface area (Å²) in [7, 11) is -1.16. The molecule has 31 heavy (non-hydrogen) atoms. The fourth-order valence-corrected chi connectivity index (χ4v) is 5.10. The van der Waals surface area contributed by atoms with Crippen molar-refractivity contribution in [3.8, 4) is 0 Å². The van der Waals surface area contributed by atoms with Crippen molar-refractivity contribution in [3.63, 3.8) is 0 Å². The average Bonchev–Trinajstić information content (AvgIpc) is 3.10. The van der Waals surface area contributed by atoms with Gasteiger partial charge in [-0.15, -0.1) is 0 Å². The van der Waals surface area contributed by atoms with Crippen LogP contribution in [0.25, 0.3) is 0 Å². The van der Waals surface area contributed by atoms with Crippen LogP contribution in [0.5, 0.6) is 0 Å². The number of likely N-dealkylation sites (N-methyl/N-ethyl adjacent to an activating group) is 1. The fraction of sp³-hybridized carbons (Fsp3) is 0.824. The number of nitrogens with one attached hydrogen (secondary N) is 2. The van der Waals surface area contributed by atoms with Crippen molar-refractivity contribution < 1.29 is 42.0 Å². The molecule has 0 spiro atoms. The second-order valence-corrected chi connectivity index (χ2v) is 10.4. The number of phosphoric ester groups is 1. The van der Waals surface area contributed by atoms with Gasteiger partial charge in [-0.05, 0) is 6.42 Å². The number of methoxy groups -OCH3 is 1. The van der Waals surface area contributed by atoms with Gasteiger partial charge in [-0.25, -0.2) is 14.1 Å². The number of halogens is 1. The molecule has 0 aromatic heterocycles. The van der Waals surface area contributed by atoms with Crippen LogP contribution >= 0.6 is 30.4 Å². The van der Waals surface area contributed by atoms with Crippen molar-refractivity contribution in [2.24, 2.45) is 5.41 Å². The lowest BCUT2D eigenvalue weighted by atomic mass is 9.87. The molecule has 2 aliphatic heterocycles. The molecule has 14 heteroatoms. The maximum absolute atomic E-state index is 12.8. The fourth-order valence-electron chi connectivity index (χ4n) is 3.03. The third-order valence-corrected chi connectivity index (χ3v) is 7.26. The summed E-state index contributed by atoms with van der Waals surface area (Å²) in [5.41, 5.74) is 2.33. The summed E-state index contributed by atoms with van der Waals surface area (Å²) in [5.74, 6) is -1.58. The van der Waals surface area contributed by atoms with Gasteiger partial charge in [0.2, 0.25) is 12.7 Å². The molecule has 2 aliphatic rings. The lowest BCUT2D eigenvalue weighted by Crippen LogP contribution is -2.50. The summed E-state index contributed by atoms with van der Waals surface area (Å²) >= 11 is 2.22. The van der Waals surface area contributed by atoms with Crippen molar-refractivity contribution in [2.75, 3.05) is 38.5 Å². The molecule has 4 atom stereocenters. The summed E-state index contributed by atoms with van der Waals surface area (Å²) in [5, 5.41) is 4.21. The van der Waals surface area contributed by atoms with Gasteiger partial charge >= 0.3 is 19.8 Å². The third kappa shape index (κ3) is 7.34. The van der Waals surface area contributed by atoms with Crippen LogP contribution in [0.2, 0.25) is 0 Å². The first-order valence-corrected chi connectivity index (χ1v) is 12.6. The summed E-state index contributed by atoms with van der Waals surface area (Å²) < 4.78 is 38.9. The lowest BCUT2D eigenvalue weighted by Gasteiger charge is -2.39.